The number of aryl methyl sites for hydroxylation is 1. The molecule has 0 bridgehead atoms. The molecule has 0 aliphatic rings. The van der Waals surface area contributed by atoms with Gasteiger partial charge < -0.3 is 4.18 Å². The summed E-state index contributed by atoms with van der Waals surface area (Å²) in [6, 6.07) is 18.5. The Morgan fingerprint density at radius 1 is 0.926 bits per heavy atom. The number of benzene rings is 3. The van der Waals surface area contributed by atoms with Crippen molar-refractivity contribution >= 4 is 33.6 Å². The fourth-order valence-electron chi connectivity index (χ4n) is 2.41. The molecule has 0 fully saturated rings. The van der Waals surface area contributed by atoms with Gasteiger partial charge in [0.15, 0.2) is 0 Å². The fourth-order valence-corrected chi connectivity index (χ4v) is 3.46. The van der Waals surface area contributed by atoms with Crippen LogP contribution in [0.1, 0.15) is 16.7 Å². The minimum atomic E-state index is -3.90. The summed E-state index contributed by atoms with van der Waals surface area (Å²) in [4.78, 5) is 4.55. The van der Waals surface area contributed by atoms with Crippen LogP contribution in [0.5, 0.6) is 5.75 Å². The van der Waals surface area contributed by atoms with E-state index in [9.17, 15) is 8.42 Å². The Morgan fingerprint density at radius 3 is 2.26 bits per heavy atom. The third kappa shape index (κ3) is 4.76. The molecule has 0 amide bonds. The minimum absolute atomic E-state index is 0.0486. The molecule has 3 aromatic rings. The van der Waals surface area contributed by atoms with Crippen LogP contribution in [0.25, 0.3) is 0 Å². The lowest BCUT2D eigenvalue weighted by molar-refractivity contribution is 0.486. The van der Waals surface area contributed by atoms with Gasteiger partial charge in [-0.1, -0.05) is 23.7 Å². The Kier molecular flexibility index (Phi) is 5.63. The van der Waals surface area contributed by atoms with Crippen molar-refractivity contribution in [3.8, 4) is 5.75 Å². The fraction of sp³-hybridized carbons (Fsp3) is 0.0952. The summed E-state index contributed by atoms with van der Waals surface area (Å²) < 4.78 is 29.7. The molecule has 0 radical (unpaired) electrons. The Bertz CT molecular complexity index is 1070. The summed E-state index contributed by atoms with van der Waals surface area (Å²) in [6.45, 7) is 4.07. The van der Waals surface area contributed by atoms with E-state index in [1.807, 2.05) is 32.0 Å². The first-order chi connectivity index (χ1) is 12.8. The largest absolute Gasteiger partial charge is 0.379 e. The van der Waals surface area contributed by atoms with Gasteiger partial charge in [-0.05, 0) is 85.1 Å². The molecule has 0 aliphatic carbocycles. The molecule has 0 aliphatic heterocycles. The smallest absolute Gasteiger partial charge is 0.339 e. The van der Waals surface area contributed by atoms with Crippen molar-refractivity contribution in [2.45, 2.75) is 18.7 Å². The molecule has 4 nitrogen and oxygen atoms in total. The van der Waals surface area contributed by atoms with Crippen molar-refractivity contribution in [1.82, 2.24) is 0 Å². The molecule has 0 N–H and O–H groups in total. The van der Waals surface area contributed by atoms with Crippen LogP contribution in [0.15, 0.2) is 76.6 Å². The first kappa shape index (κ1) is 19.1. The van der Waals surface area contributed by atoms with Gasteiger partial charge in [-0.25, -0.2) is 0 Å². The normalized spacial score (nSPS) is 11.7. The van der Waals surface area contributed by atoms with E-state index < -0.39 is 10.1 Å². The van der Waals surface area contributed by atoms with Crippen LogP contribution < -0.4 is 4.18 Å². The first-order valence-electron chi connectivity index (χ1n) is 8.25. The molecule has 0 unspecified atom stereocenters. The Morgan fingerprint density at radius 2 is 1.59 bits per heavy atom. The van der Waals surface area contributed by atoms with Crippen LogP contribution in [0.2, 0.25) is 5.02 Å². The van der Waals surface area contributed by atoms with Crippen molar-refractivity contribution in [2.75, 3.05) is 0 Å². The monoisotopic (exact) mass is 399 g/mol. The summed E-state index contributed by atoms with van der Waals surface area (Å²) in [5.74, 6) is 0.230. The molecule has 0 atom stereocenters. The number of nitrogens with zero attached hydrogens (tertiary/aromatic N) is 1. The topological polar surface area (TPSA) is 55.7 Å². The molecule has 0 saturated heterocycles. The van der Waals surface area contributed by atoms with Crippen molar-refractivity contribution in [3.63, 3.8) is 0 Å². The zero-order chi connectivity index (χ0) is 19.4. The van der Waals surface area contributed by atoms with Gasteiger partial charge in [-0.2, -0.15) is 8.42 Å². The van der Waals surface area contributed by atoms with Gasteiger partial charge in [0, 0.05) is 11.2 Å². The zero-order valence-corrected chi connectivity index (χ0v) is 16.5. The van der Waals surface area contributed by atoms with E-state index in [1.165, 1.54) is 29.8 Å². The van der Waals surface area contributed by atoms with E-state index in [2.05, 4.69) is 4.99 Å². The van der Waals surface area contributed by atoms with Crippen LogP contribution in [0, 0.1) is 13.8 Å². The summed E-state index contributed by atoms with van der Waals surface area (Å²) in [5, 5.41) is 0.460. The second kappa shape index (κ2) is 7.94. The molecule has 0 spiro atoms. The van der Waals surface area contributed by atoms with Crippen molar-refractivity contribution in [3.05, 3.63) is 88.4 Å². The maximum atomic E-state index is 12.3. The third-order valence-electron chi connectivity index (χ3n) is 4.12. The van der Waals surface area contributed by atoms with E-state index in [0.717, 1.165) is 16.8 Å². The number of rotatable bonds is 5. The van der Waals surface area contributed by atoms with Gasteiger partial charge in [0.1, 0.15) is 10.6 Å². The lowest BCUT2D eigenvalue weighted by Gasteiger charge is -2.07. The van der Waals surface area contributed by atoms with E-state index in [1.54, 1.807) is 30.5 Å². The van der Waals surface area contributed by atoms with Crippen LogP contribution in [-0.2, 0) is 10.1 Å². The number of halogens is 1. The molecule has 138 valence electrons. The highest BCUT2D eigenvalue weighted by Gasteiger charge is 2.16. The second-order valence-electron chi connectivity index (χ2n) is 6.04. The number of hydrogen-bond donors (Lipinski definition) is 0. The van der Waals surface area contributed by atoms with Crippen LogP contribution >= 0.6 is 11.6 Å². The highest BCUT2D eigenvalue weighted by Crippen LogP contribution is 2.22. The Labute approximate surface area is 164 Å². The lowest BCUT2D eigenvalue weighted by Crippen LogP contribution is -2.09. The van der Waals surface area contributed by atoms with Crippen molar-refractivity contribution < 1.29 is 12.6 Å². The van der Waals surface area contributed by atoms with Gasteiger partial charge in [0.05, 0.1) is 5.69 Å². The van der Waals surface area contributed by atoms with Crippen LogP contribution in [-0.4, -0.2) is 14.6 Å². The third-order valence-corrected chi connectivity index (χ3v) is 5.63. The van der Waals surface area contributed by atoms with Gasteiger partial charge in [0.2, 0.25) is 0 Å². The minimum Gasteiger partial charge on any atom is -0.379 e. The Balaban J connectivity index is 1.74. The van der Waals surface area contributed by atoms with Crippen molar-refractivity contribution in [1.29, 1.82) is 0 Å². The summed E-state index contributed by atoms with van der Waals surface area (Å²) in [5.41, 5.74) is 4.05. The van der Waals surface area contributed by atoms with Gasteiger partial charge >= 0.3 is 10.1 Å². The van der Waals surface area contributed by atoms with E-state index >= 15 is 0 Å². The first-order valence-corrected chi connectivity index (χ1v) is 10.0. The van der Waals surface area contributed by atoms with Gasteiger partial charge in [-0.3, -0.25) is 4.99 Å². The molecule has 3 aromatic carbocycles. The van der Waals surface area contributed by atoms with E-state index in [-0.39, 0.29) is 10.6 Å². The number of hydrogen-bond acceptors (Lipinski definition) is 4. The molecule has 0 heterocycles. The SMILES string of the molecule is Cc1cccc(N=Cc2ccc(OS(=O)(=O)c3ccc(Cl)cc3)cc2)c1C. The highest BCUT2D eigenvalue weighted by atomic mass is 35.5. The Hall–Kier alpha value is -2.63. The molecular weight excluding hydrogens is 382 g/mol. The van der Waals surface area contributed by atoms with Crippen LogP contribution in [0.3, 0.4) is 0 Å². The zero-order valence-electron chi connectivity index (χ0n) is 14.9. The quantitative estimate of drug-likeness (QED) is 0.422. The molecule has 27 heavy (non-hydrogen) atoms. The average Bonchev–Trinajstić information content (AvgIpc) is 2.64. The second-order valence-corrected chi connectivity index (χ2v) is 8.02. The molecular formula is C21H18ClNO3S. The van der Waals surface area contributed by atoms with E-state index in [0.29, 0.717) is 5.02 Å². The molecule has 3 rings (SSSR count). The highest BCUT2D eigenvalue weighted by molar-refractivity contribution is 7.87. The summed E-state index contributed by atoms with van der Waals surface area (Å²) in [7, 11) is -3.90. The summed E-state index contributed by atoms with van der Waals surface area (Å²) in [6.07, 6.45) is 1.74. The van der Waals surface area contributed by atoms with Crippen molar-refractivity contribution in [2.24, 2.45) is 4.99 Å². The van der Waals surface area contributed by atoms with Gasteiger partial charge in [0.25, 0.3) is 0 Å². The lowest BCUT2D eigenvalue weighted by atomic mass is 10.1. The predicted octanol–water partition coefficient (Wildman–Crippen LogP) is 5.48. The predicted molar refractivity (Wildman–Crippen MR) is 109 cm³/mol. The molecule has 0 aromatic heterocycles. The molecule has 6 heteroatoms. The van der Waals surface area contributed by atoms with Crippen LogP contribution in [0.4, 0.5) is 5.69 Å². The standard InChI is InChI=1S/C21H18ClNO3S/c1-15-4-3-5-21(16(15)2)23-14-17-6-10-19(11-7-17)26-27(24,25)20-12-8-18(22)9-13-20/h3-14H,1-2H3. The number of aliphatic imine (C=N–C) groups is 1. The maximum absolute atomic E-state index is 12.3. The van der Waals surface area contributed by atoms with E-state index in [4.69, 9.17) is 15.8 Å². The molecule has 0 saturated carbocycles. The summed E-state index contributed by atoms with van der Waals surface area (Å²) >= 11 is 5.78. The van der Waals surface area contributed by atoms with Gasteiger partial charge in [-0.15, -0.1) is 0 Å². The average molecular weight is 400 g/mol. The maximum Gasteiger partial charge on any atom is 0.339 e.